The van der Waals surface area contributed by atoms with Gasteiger partial charge < -0.3 is 5.32 Å². The van der Waals surface area contributed by atoms with Crippen LogP contribution in [-0.2, 0) is 6.42 Å². The van der Waals surface area contributed by atoms with Gasteiger partial charge in [0, 0.05) is 10.7 Å². The molecule has 0 radical (unpaired) electrons. The second kappa shape index (κ2) is 4.79. The van der Waals surface area contributed by atoms with E-state index in [1.54, 1.807) is 5.56 Å². The Kier molecular flexibility index (Phi) is 3.17. The van der Waals surface area contributed by atoms with Gasteiger partial charge in [0.2, 0.25) is 0 Å². The summed E-state index contributed by atoms with van der Waals surface area (Å²) in [6.07, 6.45) is 5.35. The van der Waals surface area contributed by atoms with Crippen molar-refractivity contribution in [3.8, 4) is 0 Å². The Hall–Kier alpha value is -0.860. The lowest BCUT2D eigenvalue weighted by atomic mass is 9.97. The van der Waals surface area contributed by atoms with Gasteiger partial charge in [-0.2, -0.15) is 0 Å². The summed E-state index contributed by atoms with van der Waals surface area (Å²) >= 11 is 1.89. The normalized spacial score (nSPS) is 24.5. The van der Waals surface area contributed by atoms with Crippen LogP contribution in [0.3, 0.4) is 0 Å². The second-order valence-corrected chi connectivity index (χ2v) is 6.04. The van der Waals surface area contributed by atoms with Crippen LogP contribution in [0.2, 0.25) is 0 Å². The van der Waals surface area contributed by atoms with Gasteiger partial charge in [0.15, 0.2) is 0 Å². The lowest BCUT2D eigenvalue weighted by Gasteiger charge is -2.10. The van der Waals surface area contributed by atoms with E-state index in [2.05, 4.69) is 42.0 Å². The standard InChI is InChI=1S/C15H19NS/c1-16-13-7-6-11(9-13)8-12-10-17-15-5-3-2-4-14(12)15/h2-5,10-11,13,16H,6-9H2,1H3. The molecular formula is C15H19NS. The molecule has 2 aromatic rings. The Labute approximate surface area is 107 Å². The second-order valence-electron chi connectivity index (χ2n) is 5.13. The molecule has 1 nitrogen and oxygen atoms in total. The Bertz CT molecular complexity index is 502. The molecule has 2 unspecified atom stereocenters. The molecule has 1 aromatic heterocycles. The maximum atomic E-state index is 3.41. The van der Waals surface area contributed by atoms with Crippen molar-refractivity contribution in [3.63, 3.8) is 0 Å². The van der Waals surface area contributed by atoms with E-state index in [0.717, 1.165) is 12.0 Å². The Morgan fingerprint density at radius 2 is 2.18 bits per heavy atom. The van der Waals surface area contributed by atoms with Crippen LogP contribution in [0.1, 0.15) is 24.8 Å². The van der Waals surface area contributed by atoms with E-state index < -0.39 is 0 Å². The lowest BCUT2D eigenvalue weighted by molar-refractivity contribution is 0.511. The van der Waals surface area contributed by atoms with E-state index >= 15 is 0 Å². The fourth-order valence-corrected chi connectivity index (χ4v) is 4.00. The van der Waals surface area contributed by atoms with Gasteiger partial charge in [-0.25, -0.2) is 0 Å². The van der Waals surface area contributed by atoms with Gasteiger partial charge in [-0.15, -0.1) is 11.3 Å². The number of thiophene rings is 1. The average Bonchev–Trinajstić information content (AvgIpc) is 2.97. The first kappa shape index (κ1) is 11.2. The molecule has 3 rings (SSSR count). The third-order valence-corrected chi connectivity index (χ3v) is 5.03. The molecule has 90 valence electrons. The van der Waals surface area contributed by atoms with Gasteiger partial charge in [-0.05, 0) is 61.0 Å². The molecule has 1 aliphatic carbocycles. The molecule has 1 saturated carbocycles. The van der Waals surface area contributed by atoms with E-state index in [4.69, 9.17) is 0 Å². The summed E-state index contributed by atoms with van der Waals surface area (Å²) in [7, 11) is 2.09. The molecule has 1 aliphatic rings. The van der Waals surface area contributed by atoms with E-state index in [1.807, 2.05) is 11.3 Å². The van der Waals surface area contributed by atoms with E-state index in [-0.39, 0.29) is 0 Å². The highest BCUT2D eigenvalue weighted by Crippen LogP contribution is 2.33. The summed E-state index contributed by atoms with van der Waals surface area (Å²) in [5, 5.41) is 7.25. The topological polar surface area (TPSA) is 12.0 Å². The summed E-state index contributed by atoms with van der Waals surface area (Å²) in [5.41, 5.74) is 1.56. The van der Waals surface area contributed by atoms with Crippen LogP contribution in [0.4, 0.5) is 0 Å². The summed E-state index contributed by atoms with van der Waals surface area (Å²) < 4.78 is 1.44. The van der Waals surface area contributed by atoms with Crippen molar-refractivity contribution in [1.29, 1.82) is 0 Å². The van der Waals surface area contributed by atoms with Crippen molar-refractivity contribution in [2.45, 2.75) is 31.7 Å². The maximum Gasteiger partial charge on any atom is 0.0345 e. The predicted molar refractivity (Wildman–Crippen MR) is 75.7 cm³/mol. The van der Waals surface area contributed by atoms with Crippen molar-refractivity contribution in [2.24, 2.45) is 5.92 Å². The summed E-state index contributed by atoms with van der Waals surface area (Å²) in [5.74, 6) is 0.880. The van der Waals surface area contributed by atoms with Crippen molar-refractivity contribution in [3.05, 3.63) is 35.2 Å². The molecule has 2 heteroatoms. The van der Waals surface area contributed by atoms with Gasteiger partial charge in [0.05, 0.1) is 0 Å². The summed E-state index contributed by atoms with van der Waals surface area (Å²) in [6.45, 7) is 0. The highest BCUT2D eigenvalue weighted by atomic mass is 32.1. The summed E-state index contributed by atoms with van der Waals surface area (Å²) in [6, 6.07) is 9.55. The van der Waals surface area contributed by atoms with E-state index in [1.165, 1.54) is 35.8 Å². The highest BCUT2D eigenvalue weighted by molar-refractivity contribution is 7.17. The predicted octanol–water partition coefficient (Wildman–Crippen LogP) is 3.83. The first-order valence-electron chi connectivity index (χ1n) is 6.49. The van der Waals surface area contributed by atoms with Crippen molar-refractivity contribution >= 4 is 21.4 Å². The molecule has 2 atom stereocenters. The van der Waals surface area contributed by atoms with Crippen LogP contribution in [-0.4, -0.2) is 13.1 Å². The number of rotatable bonds is 3. The van der Waals surface area contributed by atoms with E-state index in [9.17, 15) is 0 Å². The SMILES string of the molecule is CNC1CCC(Cc2csc3ccccc23)C1. The maximum absolute atomic E-state index is 3.41. The monoisotopic (exact) mass is 245 g/mol. The minimum Gasteiger partial charge on any atom is -0.317 e. The number of nitrogens with one attached hydrogen (secondary N) is 1. The first-order chi connectivity index (χ1) is 8.36. The van der Waals surface area contributed by atoms with Crippen LogP contribution in [0.15, 0.2) is 29.6 Å². The van der Waals surface area contributed by atoms with Gasteiger partial charge >= 0.3 is 0 Å². The molecule has 0 amide bonds. The van der Waals surface area contributed by atoms with Crippen LogP contribution in [0.5, 0.6) is 0 Å². The molecule has 1 N–H and O–H groups in total. The number of hydrogen-bond acceptors (Lipinski definition) is 2. The number of fused-ring (bicyclic) bond motifs is 1. The average molecular weight is 245 g/mol. The Morgan fingerprint density at radius 1 is 1.29 bits per heavy atom. The quantitative estimate of drug-likeness (QED) is 0.866. The molecule has 0 aliphatic heterocycles. The molecule has 1 fully saturated rings. The highest BCUT2D eigenvalue weighted by Gasteiger charge is 2.24. The number of benzene rings is 1. The van der Waals surface area contributed by atoms with Crippen LogP contribution >= 0.6 is 11.3 Å². The molecule has 17 heavy (non-hydrogen) atoms. The minimum atomic E-state index is 0.755. The fourth-order valence-electron chi connectivity index (χ4n) is 3.02. The minimum absolute atomic E-state index is 0.755. The third kappa shape index (κ3) is 2.24. The lowest BCUT2D eigenvalue weighted by Crippen LogP contribution is -2.21. The summed E-state index contributed by atoms with van der Waals surface area (Å²) in [4.78, 5) is 0. The third-order valence-electron chi connectivity index (χ3n) is 4.02. The molecular weight excluding hydrogens is 226 g/mol. The zero-order valence-electron chi connectivity index (χ0n) is 10.3. The van der Waals surface area contributed by atoms with Gasteiger partial charge in [0.25, 0.3) is 0 Å². The number of hydrogen-bond donors (Lipinski definition) is 1. The van der Waals surface area contributed by atoms with Crippen LogP contribution < -0.4 is 5.32 Å². The molecule has 1 heterocycles. The largest absolute Gasteiger partial charge is 0.317 e. The first-order valence-corrected chi connectivity index (χ1v) is 7.37. The Morgan fingerprint density at radius 3 is 3.00 bits per heavy atom. The Balaban J connectivity index is 1.77. The van der Waals surface area contributed by atoms with E-state index in [0.29, 0.717) is 0 Å². The molecule has 0 saturated heterocycles. The zero-order chi connectivity index (χ0) is 11.7. The molecule has 0 spiro atoms. The van der Waals surface area contributed by atoms with Crippen molar-refractivity contribution in [2.75, 3.05) is 7.05 Å². The van der Waals surface area contributed by atoms with Gasteiger partial charge in [-0.1, -0.05) is 18.2 Å². The fraction of sp³-hybridized carbons (Fsp3) is 0.467. The van der Waals surface area contributed by atoms with Crippen LogP contribution in [0.25, 0.3) is 10.1 Å². The molecule has 1 aromatic carbocycles. The van der Waals surface area contributed by atoms with Crippen LogP contribution in [0, 0.1) is 5.92 Å². The van der Waals surface area contributed by atoms with Crippen molar-refractivity contribution in [1.82, 2.24) is 5.32 Å². The van der Waals surface area contributed by atoms with Gasteiger partial charge in [-0.3, -0.25) is 0 Å². The zero-order valence-corrected chi connectivity index (χ0v) is 11.1. The smallest absolute Gasteiger partial charge is 0.0345 e. The molecule has 0 bridgehead atoms. The van der Waals surface area contributed by atoms with Crippen molar-refractivity contribution < 1.29 is 0 Å². The van der Waals surface area contributed by atoms with Gasteiger partial charge in [0.1, 0.15) is 0 Å².